The van der Waals surface area contributed by atoms with Gasteiger partial charge in [0.2, 0.25) is 5.91 Å². The standard InChI is InChI=1S/C51H93NO13/c1-3-5-7-9-10-11-12-13-14-15-16-17-18-19-20-21-22-23-24-25-26-27-28-29-31-32-34-40(55)39(52-43(56)35-33-30-8-6-4-2)38-62-50-48(61)46(59)49(42(37-54)64-50)65-51-47(60)45(58)44(57)41(36-53)63-51/h23-24,27-28,32,34,39-42,44-51,53-55,57-61H,3-22,25-26,29-31,33,35-38H2,1-2H3,(H,52,56)/b24-23+,28-27+,34-32+. The van der Waals surface area contributed by atoms with Crippen LogP contribution in [-0.2, 0) is 23.7 Å². The molecule has 2 aliphatic heterocycles. The lowest BCUT2D eigenvalue weighted by Crippen LogP contribution is -2.65. The fourth-order valence-electron chi connectivity index (χ4n) is 8.32. The summed E-state index contributed by atoms with van der Waals surface area (Å²) in [7, 11) is 0. The SMILES string of the molecule is CCCCCCCCCCCCCCCCCC/C=C/CC/C=C/CC/C=C/C(O)C(COC1OC(CO)C(OC2OC(CO)C(O)C(O)C2O)C(O)C1O)NC(=O)CCCCCCC. The summed E-state index contributed by atoms with van der Waals surface area (Å²) in [6, 6.07) is -0.931. The molecule has 380 valence electrons. The van der Waals surface area contributed by atoms with Crippen molar-refractivity contribution in [1.82, 2.24) is 5.32 Å². The van der Waals surface area contributed by atoms with Gasteiger partial charge >= 0.3 is 0 Å². The third-order valence-corrected chi connectivity index (χ3v) is 12.6. The van der Waals surface area contributed by atoms with E-state index in [4.69, 9.17) is 18.9 Å². The van der Waals surface area contributed by atoms with Crippen molar-refractivity contribution in [3.05, 3.63) is 36.5 Å². The van der Waals surface area contributed by atoms with Crippen LogP contribution < -0.4 is 5.32 Å². The summed E-state index contributed by atoms with van der Waals surface area (Å²) in [5, 5.41) is 86.3. The molecule has 0 bridgehead atoms. The number of ether oxygens (including phenoxy) is 4. The number of hydrogen-bond acceptors (Lipinski definition) is 13. The summed E-state index contributed by atoms with van der Waals surface area (Å²) in [5.41, 5.74) is 0. The van der Waals surface area contributed by atoms with E-state index in [2.05, 4.69) is 43.5 Å². The van der Waals surface area contributed by atoms with Gasteiger partial charge in [0, 0.05) is 6.42 Å². The van der Waals surface area contributed by atoms with Gasteiger partial charge in [-0.05, 0) is 44.9 Å². The van der Waals surface area contributed by atoms with E-state index in [1.54, 1.807) is 6.08 Å². The van der Waals surface area contributed by atoms with Gasteiger partial charge in [0.05, 0.1) is 32.0 Å². The second kappa shape index (κ2) is 38.1. The molecular weight excluding hydrogens is 835 g/mol. The molecule has 0 spiro atoms. The number of unbranched alkanes of at least 4 members (excludes halogenated alkanes) is 22. The molecule has 65 heavy (non-hydrogen) atoms. The minimum Gasteiger partial charge on any atom is -0.394 e. The van der Waals surface area contributed by atoms with E-state index >= 15 is 0 Å². The van der Waals surface area contributed by atoms with Gasteiger partial charge in [-0.25, -0.2) is 0 Å². The van der Waals surface area contributed by atoms with Gasteiger partial charge in [0.25, 0.3) is 0 Å². The number of carbonyl (C=O) groups is 1. The third-order valence-electron chi connectivity index (χ3n) is 12.6. The summed E-state index contributed by atoms with van der Waals surface area (Å²) in [4.78, 5) is 12.9. The Bertz CT molecular complexity index is 1230. The van der Waals surface area contributed by atoms with Crippen LogP contribution in [0, 0.1) is 0 Å². The van der Waals surface area contributed by atoms with Crippen molar-refractivity contribution in [3.63, 3.8) is 0 Å². The molecule has 12 unspecified atom stereocenters. The first-order valence-electron chi connectivity index (χ1n) is 25.7. The van der Waals surface area contributed by atoms with E-state index in [0.717, 1.165) is 51.4 Å². The number of aliphatic hydroxyl groups is 8. The van der Waals surface area contributed by atoms with E-state index in [9.17, 15) is 45.6 Å². The summed E-state index contributed by atoms with van der Waals surface area (Å²) in [5.74, 6) is -0.268. The quantitative estimate of drug-likeness (QED) is 0.0231. The number of hydrogen-bond donors (Lipinski definition) is 9. The molecule has 14 heteroatoms. The zero-order chi connectivity index (χ0) is 47.5. The maximum atomic E-state index is 12.9. The first kappa shape index (κ1) is 59.3. The maximum Gasteiger partial charge on any atom is 0.220 e. The number of allylic oxidation sites excluding steroid dienone is 5. The molecule has 1 amide bonds. The van der Waals surface area contributed by atoms with Gasteiger partial charge in [-0.1, -0.05) is 172 Å². The number of aliphatic hydroxyl groups excluding tert-OH is 8. The first-order valence-corrected chi connectivity index (χ1v) is 25.7. The average molecular weight is 928 g/mol. The lowest BCUT2D eigenvalue weighted by atomic mass is 9.97. The summed E-state index contributed by atoms with van der Waals surface area (Å²) in [6.45, 7) is 2.65. The number of rotatable bonds is 39. The van der Waals surface area contributed by atoms with Crippen LogP contribution in [0.2, 0.25) is 0 Å². The van der Waals surface area contributed by atoms with Gasteiger partial charge < -0.3 is 65.1 Å². The molecule has 2 saturated heterocycles. The molecule has 9 N–H and O–H groups in total. The molecule has 2 rings (SSSR count). The van der Waals surface area contributed by atoms with Gasteiger partial charge in [-0.2, -0.15) is 0 Å². The smallest absolute Gasteiger partial charge is 0.220 e. The van der Waals surface area contributed by atoms with Crippen LogP contribution in [0.25, 0.3) is 0 Å². The van der Waals surface area contributed by atoms with Crippen molar-refractivity contribution in [2.75, 3.05) is 19.8 Å². The normalized spacial score (nSPS) is 27.3. The first-order chi connectivity index (χ1) is 31.6. The van der Waals surface area contributed by atoms with E-state index in [1.807, 2.05) is 6.08 Å². The van der Waals surface area contributed by atoms with Gasteiger partial charge in [-0.15, -0.1) is 0 Å². The lowest BCUT2D eigenvalue weighted by molar-refractivity contribution is -0.359. The Balaban J connectivity index is 1.72. The summed E-state index contributed by atoms with van der Waals surface area (Å²) < 4.78 is 22.5. The monoisotopic (exact) mass is 928 g/mol. The molecule has 0 aromatic rings. The Kier molecular flexibility index (Phi) is 34.8. The highest BCUT2D eigenvalue weighted by Gasteiger charge is 2.51. The van der Waals surface area contributed by atoms with Crippen LogP contribution in [0.1, 0.15) is 187 Å². The highest BCUT2D eigenvalue weighted by atomic mass is 16.7. The molecule has 0 aromatic heterocycles. The van der Waals surface area contributed by atoms with E-state index < -0.39 is 86.8 Å². The molecule has 0 saturated carbocycles. The number of carbonyl (C=O) groups excluding carboxylic acids is 1. The Morgan fingerprint density at radius 1 is 0.538 bits per heavy atom. The Morgan fingerprint density at radius 2 is 0.985 bits per heavy atom. The van der Waals surface area contributed by atoms with Crippen molar-refractivity contribution in [2.24, 2.45) is 0 Å². The third kappa shape index (κ3) is 25.4. The highest BCUT2D eigenvalue weighted by Crippen LogP contribution is 2.30. The molecule has 2 aliphatic rings. The van der Waals surface area contributed by atoms with Crippen molar-refractivity contribution in [3.8, 4) is 0 Å². The van der Waals surface area contributed by atoms with E-state index in [0.29, 0.717) is 12.8 Å². The minimum absolute atomic E-state index is 0.265. The Labute approximate surface area is 391 Å². The number of nitrogens with one attached hydrogen (secondary N) is 1. The predicted octanol–water partition coefficient (Wildman–Crippen LogP) is 6.71. The molecule has 2 heterocycles. The molecule has 14 nitrogen and oxygen atoms in total. The van der Waals surface area contributed by atoms with Crippen LogP contribution in [0.15, 0.2) is 36.5 Å². The van der Waals surface area contributed by atoms with Crippen molar-refractivity contribution >= 4 is 5.91 Å². The lowest BCUT2D eigenvalue weighted by Gasteiger charge is -2.46. The fraction of sp³-hybridized carbons (Fsp3) is 0.863. The van der Waals surface area contributed by atoms with Gasteiger partial charge in [-0.3, -0.25) is 4.79 Å². The maximum absolute atomic E-state index is 12.9. The van der Waals surface area contributed by atoms with Crippen LogP contribution in [0.3, 0.4) is 0 Å². The van der Waals surface area contributed by atoms with Gasteiger partial charge in [0.15, 0.2) is 12.6 Å². The van der Waals surface area contributed by atoms with Gasteiger partial charge in [0.1, 0.15) is 48.8 Å². The van der Waals surface area contributed by atoms with E-state index in [-0.39, 0.29) is 18.9 Å². The minimum atomic E-state index is -1.79. The number of amides is 1. The van der Waals surface area contributed by atoms with E-state index in [1.165, 1.54) is 103 Å². The van der Waals surface area contributed by atoms with Crippen LogP contribution in [0.4, 0.5) is 0 Å². The van der Waals surface area contributed by atoms with Crippen molar-refractivity contribution in [2.45, 2.75) is 261 Å². The van der Waals surface area contributed by atoms with Crippen LogP contribution >= 0.6 is 0 Å². The second-order valence-corrected chi connectivity index (χ2v) is 18.3. The molecular formula is C51H93NO13. The highest BCUT2D eigenvalue weighted by molar-refractivity contribution is 5.76. The largest absolute Gasteiger partial charge is 0.394 e. The zero-order valence-electron chi connectivity index (χ0n) is 40.2. The van der Waals surface area contributed by atoms with Crippen LogP contribution in [-0.4, -0.2) is 140 Å². The van der Waals surface area contributed by atoms with Crippen molar-refractivity contribution < 1.29 is 64.6 Å². The molecule has 0 aromatic carbocycles. The molecule has 12 atom stereocenters. The van der Waals surface area contributed by atoms with Crippen molar-refractivity contribution in [1.29, 1.82) is 0 Å². The topological polar surface area (TPSA) is 228 Å². The summed E-state index contributed by atoms with van der Waals surface area (Å²) >= 11 is 0. The predicted molar refractivity (Wildman–Crippen MR) is 254 cm³/mol. The fourth-order valence-corrected chi connectivity index (χ4v) is 8.32. The molecule has 0 radical (unpaired) electrons. The zero-order valence-corrected chi connectivity index (χ0v) is 40.2. The second-order valence-electron chi connectivity index (χ2n) is 18.3. The molecule has 2 fully saturated rings. The van der Waals surface area contributed by atoms with Crippen LogP contribution in [0.5, 0.6) is 0 Å². The average Bonchev–Trinajstić information content (AvgIpc) is 3.30. The Hall–Kier alpha value is -1.79. The Morgan fingerprint density at radius 3 is 1.51 bits per heavy atom. The molecule has 0 aliphatic carbocycles. The summed E-state index contributed by atoms with van der Waals surface area (Å²) in [6.07, 6.45) is 27.0.